The number of rotatable bonds is 3. The van der Waals surface area contributed by atoms with Gasteiger partial charge in [-0.3, -0.25) is 0 Å². The van der Waals surface area contributed by atoms with Gasteiger partial charge in [0, 0.05) is 30.3 Å². The van der Waals surface area contributed by atoms with Crippen LogP contribution in [0.2, 0.25) is 0 Å². The van der Waals surface area contributed by atoms with E-state index in [1.54, 1.807) is 12.1 Å². The molecule has 2 aromatic rings. The Morgan fingerprint density at radius 3 is 2.92 bits per heavy atom. The number of urea groups is 1. The van der Waals surface area contributed by atoms with Gasteiger partial charge in [0.1, 0.15) is 11.5 Å². The zero-order chi connectivity index (χ0) is 17.4. The average Bonchev–Trinajstić information content (AvgIpc) is 3.33. The lowest BCUT2D eigenvalue weighted by molar-refractivity contribution is 0.174. The molecule has 1 atom stereocenters. The number of hydrogen-bond acceptors (Lipinski definition) is 5. The summed E-state index contributed by atoms with van der Waals surface area (Å²) in [6, 6.07) is 7.15. The largest absolute Gasteiger partial charge is 0.454 e. The number of fused-ring (bicyclic) bond motifs is 1. The first-order valence-corrected chi connectivity index (χ1v) is 8.55. The Morgan fingerprint density at radius 1 is 1.28 bits per heavy atom. The molecule has 1 saturated heterocycles. The van der Waals surface area contributed by atoms with E-state index in [0.29, 0.717) is 23.7 Å². The SMILES string of the molecule is CC(C)c1cc([C@@H]2CCCN2C(=O)Nc2ccc3c(c2)OCO3)no1. The van der Waals surface area contributed by atoms with Gasteiger partial charge >= 0.3 is 6.03 Å². The zero-order valence-electron chi connectivity index (χ0n) is 14.3. The molecule has 0 unspecified atom stereocenters. The van der Waals surface area contributed by atoms with Crippen LogP contribution in [-0.4, -0.2) is 29.4 Å². The second kappa shape index (κ2) is 6.31. The molecule has 3 heterocycles. The Morgan fingerprint density at radius 2 is 2.12 bits per heavy atom. The van der Waals surface area contributed by atoms with Crippen LogP contribution in [-0.2, 0) is 0 Å². The van der Waals surface area contributed by atoms with Crippen LogP contribution >= 0.6 is 0 Å². The lowest BCUT2D eigenvalue weighted by Crippen LogP contribution is -2.34. The molecule has 0 saturated carbocycles. The van der Waals surface area contributed by atoms with Gasteiger partial charge in [0.25, 0.3) is 0 Å². The van der Waals surface area contributed by atoms with E-state index in [2.05, 4.69) is 24.3 Å². The number of amides is 2. The molecule has 4 rings (SSSR count). The third-order valence-electron chi connectivity index (χ3n) is 4.59. The summed E-state index contributed by atoms with van der Waals surface area (Å²) in [6.07, 6.45) is 1.84. The van der Waals surface area contributed by atoms with Gasteiger partial charge in [-0.25, -0.2) is 4.79 Å². The number of aromatic nitrogens is 1. The minimum absolute atomic E-state index is 0.0507. The summed E-state index contributed by atoms with van der Waals surface area (Å²) in [5.74, 6) is 2.46. The first kappa shape index (κ1) is 15.8. The average molecular weight is 343 g/mol. The molecule has 2 amide bonds. The van der Waals surface area contributed by atoms with Crippen molar-refractivity contribution in [3.63, 3.8) is 0 Å². The Labute approximate surface area is 145 Å². The van der Waals surface area contributed by atoms with E-state index in [1.807, 2.05) is 17.0 Å². The summed E-state index contributed by atoms with van der Waals surface area (Å²) in [5.41, 5.74) is 1.50. The molecule has 0 aliphatic carbocycles. The summed E-state index contributed by atoms with van der Waals surface area (Å²) in [7, 11) is 0. The van der Waals surface area contributed by atoms with Gasteiger partial charge in [-0.1, -0.05) is 19.0 Å². The van der Waals surface area contributed by atoms with Crippen molar-refractivity contribution < 1.29 is 18.8 Å². The Balaban J connectivity index is 1.48. The minimum Gasteiger partial charge on any atom is -0.454 e. The van der Waals surface area contributed by atoms with Gasteiger partial charge in [-0.15, -0.1) is 0 Å². The molecule has 2 aliphatic heterocycles. The molecule has 0 radical (unpaired) electrons. The predicted octanol–water partition coefficient (Wildman–Crippen LogP) is 3.90. The molecule has 1 fully saturated rings. The molecule has 0 bridgehead atoms. The number of benzene rings is 1. The van der Waals surface area contributed by atoms with E-state index in [0.717, 1.165) is 24.3 Å². The number of carbonyl (C=O) groups is 1. The van der Waals surface area contributed by atoms with Crippen molar-refractivity contribution in [2.45, 2.75) is 38.6 Å². The lowest BCUT2D eigenvalue weighted by Gasteiger charge is -2.23. The third kappa shape index (κ3) is 3.01. The van der Waals surface area contributed by atoms with E-state index in [1.165, 1.54) is 0 Å². The highest BCUT2D eigenvalue weighted by molar-refractivity contribution is 5.90. The normalized spacial score (nSPS) is 18.8. The van der Waals surface area contributed by atoms with Crippen LogP contribution in [0.5, 0.6) is 11.5 Å². The Bertz CT molecular complexity index is 786. The van der Waals surface area contributed by atoms with E-state index in [9.17, 15) is 4.79 Å². The Kier molecular flexibility index (Phi) is 3.99. The highest BCUT2D eigenvalue weighted by Crippen LogP contribution is 2.36. The molecular weight excluding hydrogens is 322 g/mol. The second-order valence-corrected chi connectivity index (χ2v) is 6.66. The summed E-state index contributed by atoms with van der Waals surface area (Å²) in [6.45, 7) is 5.03. The number of nitrogens with zero attached hydrogens (tertiary/aromatic N) is 2. The number of nitrogens with one attached hydrogen (secondary N) is 1. The number of carbonyl (C=O) groups excluding carboxylic acids is 1. The number of likely N-dealkylation sites (tertiary alicyclic amines) is 1. The van der Waals surface area contributed by atoms with Crippen molar-refractivity contribution in [2.75, 3.05) is 18.7 Å². The topological polar surface area (TPSA) is 76.8 Å². The zero-order valence-corrected chi connectivity index (χ0v) is 14.3. The van der Waals surface area contributed by atoms with Crippen molar-refractivity contribution in [3.05, 3.63) is 35.7 Å². The van der Waals surface area contributed by atoms with Crippen molar-refractivity contribution >= 4 is 11.7 Å². The fourth-order valence-electron chi connectivity index (χ4n) is 3.22. The van der Waals surface area contributed by atoms with E-state index in [4.69, 9.17) is 14.0 Å². The van der Waals surface area contributed by atoms with Gasteiger partial charge in [0.2, 0.25) is 6.79 Å². The minimum atomic E-state index is -0.143. The van der Waals surface area contributed by atoms with Crippen molar-refractivity contribution in [1.82, 2.24) is 10.1 Å². The van der Waals surface area contributed by atoms with Crippen LogP contribution in [0.3, 0.4) is 0 Å². The molecule has 132 valence electrons. The number of ether oxygens (including phenoxy) is 2. The van der Waals surface area contributed by atoms with Crippen LogP contribution < -0.4 is 14.8 Å². The fraction of sp³-hybridized carbons (Fsp3) is 0.444. The third-order valence-corrected chi connectivity index (χ3v) is 4.59. The molecule has 2 aliphatic rings. The first-order chi connectivity index (χ1) is 12.1. The molecule has 0 spiro atoms. The van der Waals surface area contributed by atoms with Crippen LogP contribution in [0.25, 0.3) is 0 Å². The molecule has 1 aromatic heterocycles. The van der Waals surface area contributed by atoms with Gasteiger partial charge in [0.15, 0.2) is 11.5 Å². The first-order valence-electron chi connectivity index (χ1n) is 8.55. The van der Waals surface area contributed by atoms with Gasteiger partial charge in [-0.05, 0) is 25.0 Å². The quantitative estimate of drug-likeness (QED) is 0.915. The second-order valence-electron chi connectivity index (χ2n) is 6.66. The highest BCUT2D eigenvalue weighted by atomic mass is 16.7. The van der Waals surface area contributed by atoms with Crippen LogP contribution in [0, 0.1) is 0 Å². The van der Waals surface area contributed by atoms with Gasteiger partial charge < -0.3 is 24.2 Å². The van der Waals surface area contributed by atoms with E-state index >= 15 is 0 Å². The van der Waals surface area contributed by atoms with Gasteiger partial charge in [0.05, 0.1) is 6.04 Å². The summed E-state index contributed by atoms with van der Waals surface area (Å²) >= 11 is 0. The van der Waals surface area contributed by atoms with E-state index < -0.39 is 0 Å². The van der Waals surface area contributed by atoms with Crippen LogP contribution in [0.1, 0.15) is 50.1 Å². The standard InChI is InChI=1S/C18H21N3O4/c1-11(2)16-9-13(20-25-16)14-4-3-7-21(14)18(22)19-12-5-6-15-17(8-12)24-10-23-15/h5-6,8-9,11,14H,3-4,7,10H2,1-2H3,(H,19,22)/t14-/m0/s1. The van der Waals surface area contributed by atoms with Crippen LogP contribution in [0.15, 0.2) is 28.8 Å². The molecule has 25 heavy (non-hydrogen) atoms. The summed E-state index contributed by atoms with van der Waals surface area (Å²) in [5, 5.41) is 7.11. The van der Waals surface area contributed by atoms with Crippen molar-refractivity contribution in [3.8, 4) is 11.5 Å². The Hall–Kier alpha value is -2.70. The molecule has 7 nitrogen and oxygen atoms in total. The fourth-order valence-corrected chi connectivity index (χ4v) is 3.22. The molecular formula is C18H21N3O4. The van der Waals surface area contributed by atoms with Crippen LogP contribution in [0.4, 0.5) is 10.5 Å². The molecule has 1 aromatic carbocycles. The van der Waals surface area contributed by atoms with Crippen molar-refractivity contribution in [1.29, 1.82) is 0 Å². The predicted molar refractivity (Wildman–Crippen MR) is 90.9 cm³/mol. The number of hydrogen-bond donors (Lipinski definition) is 1. The lowest BCUT2D eigenvalue weighted by atomic mass is 10.1. The highest BCUT2D eigenvalue weighted by Gasteiger charge is 2.32. The smallest absolute Gasteiger partial charge is 0.322 e. The summed E-state index contributed by atoms with van der Waals surface area (Å²) in [4.78, 5) is 14.5. The van der Waals surface area contributed by atoms with Gasteiger partial charge in [-0.2, -0.15) is 0 Å². The maximum Gasteiger partial charge on any atom is 0.322 e. The van der Waals surface area contributed by atoms with E-state index in [-0.39, 0.29) is 24.8 Å². The monoisotopic (exact) mass is 343 g/mol. The molecule has 1 N–H and O–H groups in total. The summed E-state index contributed by atoms with van der Waals surface area (Å²) < 4.78 is 16.0. The number of anilines is 1. The maximum atomic E-state index is 12.7. The van der Waals surface area contributed by atoms with Crippen molar-refractivity contribution in [2.24, 2.45) is 0 Å². The maximum absolute atomic E-state index is 12.7. The molecule has 7 heteroatoms.